The van der Waals surface area contributed by atoms with E-state index >= 15 is 0 Å². The maximum atomic E-state index is 12.9. The lowest BCUT2D eigenvalue weighted by atomic mass is 9.71. The molecule has 0 aromatic heterocycles. The summed E-state index contributed by atoms with van der Waals surface area (Å²) in [5, 5.41) is 0. The number of rotatable bonds is 3. The van der Waals surface area contributed by atoms with Crippen molar-refractivity contribution in [1.29, 1.82) is 0 Å². The van der Waals surface area contributed by atoms with E-state index in [0.717, 1.165) is 32.5 Å². The molecule has 0 aliphatic carbocycles. The minimum absolute atomic E-state index is 0.151. The van der Waals surface area contributed by atoms with Gasteiger partial charge in [-0.25, -0.2) is 4.39 Å². The molecule has 0 unspecified atom stereocenters. The van der Waals surface area contributed by atoms with Crippen molar-refractivity contribution in [2.24, 2.45) is 0 Å². The summed E-state index contributed by atoms with van der Waals surface area (Å²) >= 11 is 0. The molecule has 0 spiro atoms. The summed E-state index contributed by atoms with van der Waals surface area (Å²) in [5.74, 6) is -0.151. The first-order valence-electron chi connectivity index (χ1n) is 6.11. The number of halogens is 1. The maximum Gasteiger partial charge on any atom is 0.123 e. The Morgan fingerprint density at radius 3 is 2.38 bits per heavy atom. The molecule has 1 heterocycles. The molecule has 1 saturated heterocycles. The maximum absolute atomic E-state index is 12.9. The van der Waals surface area contributed by atoms with Gasteiger partial charge in [-0.3, -0.25) is 0 Å². The third-order valence-electron chi connectivity index (χ3n) is 3.64. The predicted octanol–water partition coefficient (Wildman–Crippen LogP) is 3.67. The topological polar surface area (TPSA) is 9.23 Å². The monoisotopic (exact) mass is 222 g/mol. The van der Waals surface area contributed by atoms with Crippen LogP contribution >= 0.6 is 0 Å². The van der Waals surface area contributed by atoms with Crippen molar-refractivity contribution in [2.75, 3.05) is 13.2 Å². The van der Waals surface area contributed by atoms with Crippen molar-refractivity contribution < 1.29 is 9.13 Å². The van der Waals surface area contributed by atoms with Crippen molar-refractivity contribution in [2.45, 2.75) is 38.0 Å². The Morgan fingerprint density at radius 2 is 1.81 bits per heavy atom. The SMILES string of the molecule is CCCC1(c2ccc(F)cc2)CCOCC1. The molecule has 1 fully saturated rings. The average molecular weight is 222 g/mol. The summed E-state index contributed by atoms with van der Waals surface area (Å²) < 4.78 is 18.4. The second-order valence-corrected chi connectivity index (χ2v) is 4.65. The fourth-order valence-corrected chi connectivity index (χ4v) is 2.73. The third kappa shape index (κ3) is 2.27. The van der Waals surface area contributed by atoms with Gasteiger partial charge in [0.2, 0.25) is 0 Å². The minimum atomic E-state index is -0.151. The van der Waals surface area contributed by atoms with Crippen LogP contribution in [0.1, 0.15) is 38.2 Å². The van der Waals surface area contributed by atoms with Gasteiger partial charge >= 0.3 is 0 Å². The van der Waals surface area contributed by atoms with Gasteiger partial charge in [0, 0.05) is 13.2 Å². The Balaban J connectivity index is 2.26. The minimum Gasteiger partial charge on any atom is -0.381 e. The molecule has 1 aliphatic rings. The normalized spacial score (nSPS) is 19.6. The van der Waals surface area contributed by atoms with Gasteiger partial charge in [0.25, 0.3) is 0 Å². The smallest absolute Gasteiger partial charge is 0.123 e. The summed E-state index contributed by atoms with van der Waals surface area (Å²) in [6.45, 7) is 3.87. The zero-order valence-corrected chi connectivity index (χ0v) is 9.84. The summed E-state index contributed by atoms with van der Waals surface area (Å²) in [5.41, 5.74) is 1.50. The summed E-state index contributed by atoms with van der Waals surface area (Å²) in [6.07, 6.45) is 4.46. The van der Waals surface area contributed by atoms with Gasteiger partial charge in [0.05, 0.1) is 0 Å². The van der Waals surface area contributed by atoms with Crippen LogP contribution in [0, 0.1) is 5.82 Å². The van der Waals surface area contributed by atoms with Gasteiger partial charge in [-0.1, -0.05) is 25.5 Å². The molecule has 1 aromatic rings. The molecule has 0 atom stereocenters. The number of ether oxygens (including phenoxy) is 1. The average Bonchev–Trinajstić information content (AvgIpc) is 2.31. The fourth-order valence-electron chi connectivity index (χ4n) is 2.73. The number of benzene rings is 1. The van der Waals surface area contributed by atoms with E-state index < -0.39 is 0 Å². The van der Waals surface area contributed by atoms with Gasteiger partial charge in [0.15, 0.2) is 0 Å². The summed E-state index contributed by atoms with van der Waals surface area (Å²) in [7, 11) is 0. The molecular formula is C14H19FO. The number of hydrogen-bond acceptors (Lipinski definition) is 1. The van der Waals surface area contributed by atoms with Crippen LogP contribution in [-0.2, 0) is 10.2 Å². The molecule has 1 aliphatic heterocycles. The Hall–Kier alpha value is -0.890. The Kier molecular flexibility index (Phi) is 3.59. The van der Waals surface area contributed by atoms with Crippen LogP contribution < -0.4 is 0 Å². The van der Waals surface area contributed by atoms with E-state index in [1.807, 2.05) is 12.1 Å². The van der Waals surface area contributed by atoms with E-state index in [0.29, 0.717) is 0 Å². The molecule has 88 valence electrons. The van der Waals surface area contributed by atoms with Crippen LogP contribution in [0.25, 0.3) is 0 Å². The van der Waals surface area contributed by atoms with Crippen molar-refractivity contribution in [3.8, 4) is 0 Å². The molecule has 1 aromatic carbocycles. The first-order chi connectivity index (χ1) is 7.77. The van der Waals surface area contributed by atoms with E-state index in [1.165, 1.54) is 12.0 Å². The van der Waals surface area contributed by atoms with Gasteiger partial charge in [-0.05, 0) is 42.4 Å². The van der Waals surface area contributed by atoms with Crippen LogP contribution in [-0.4, -0.2) is 13.2 Å². The van der Waals surface area contributed by atoms with Gasteiger partial charge in [-0.2, -0.15) is 0 Å². The molecule has 16 heavy (non-hydrogen) atoms. The highest BCUT2D eigenvalue weighted by atomic mass is 19.1. The highest BCUT2D eigenvalue weighted by Crippen LogP contribution is 2.38. The van der Waals surface area contributed by atoms with Crippen LogP contribution in [0.4, 0.5) is 4.39 Å². The predicted molar refractivity (Wildman–Crippen MR) is 63.0 cm³/mol. The van der Waals surface area contributed by atoms with Crippen molar-refractivity contribution >= 4 is 0 Å². The highest BCUT2D eigenvalue weighted by molar-refractivity contribution is 5.26. The quantitative estimate of drug-likeness (QED) is 0.758. The Labute approximate surface area is 96.6 Å². The van der Waals surface area contributed by atoms with E-state index in [9.17, 15) is 4.39 Å². The first kappa shape index (κ1) is 11.6. The number of hydrogen-bond donors (Lipinski definition) is 0. The molecule has 0 radical (unpaired) electrons. The zero-order chi connectivity index (χ0) is 11.4. The molecule has 2 heteroatoms. The molecular weight excluding hydrogens is 203 g/mol. The van der Waals surface area contributed by atoms with E-state index in [4.69, 9.17) is 4.74 Å². The van der Waals surface area contributed by atoms with Crippen LogP contribution in [0.3, 0.4) is 0 Å². The second kappa shape index (κ2) is 4.96. The zero-order valence-electron chi connectivity index (χ0n) is 9.84. The lowest BCUT2D eigenvalue weighted by Gasteiger charge is -2.37. The lowest BCUT2D eigenvalue weighted by molar-refractivity contribution is 0.0465. The van der Waals surface area contributed by atoms with Gasteiger partial charge in [0.1, 0.15) is 5.82 Å². The van der Waals surface area contributed by atoms with Crippen molar-refractivity contribution in [3.63, 3.8) is 0 Å². The fraction of sp³-hybridized carbons (Fsp3) is 0.571. The van der Waals surface area contributed by atoms with Crippen molar-refractivity contribution in [1.82, 2.24) is 0 Å². The van der Waals surface area contributed by atoms with Gasteiger partial charge < -0.3 is 4.74 Å². The second-order valence-electron chi connectivity index (χ2n) is 4.65. The molecule has 0 saturated carbocycles. The van der Waals surface area contributed by atoms with Crippen LogP contribution in [0.5, 0.6) is 0 Å². The molecule has 0 N–H and O–H groups in total. The lowest BCUT2D eigenvalue weighted by Crippen LogP contribution is -2.33. The van der Waals surface area contributed by atoms with E-state index in [2.05, 4.69) is 6.92 Å². The highest BCUT2D eigenvalue weighted by Gasteiger charge is 2.33. The van der Waals surface area contributed by atoms with Crippen molar-refractivity contribution in [3.05, 3.63) is 35.6 Å². The molecule has 2 rings (SSSR count). The molecule has 0 bridgehead atoms. The third-order valence-corrected chi connectivity index (χ3v) is 3.64. The Morgan fingerprint density at radius 1 is 1.19 bits per heavy atom. The molecule has 1 nitrogen and oxygen atoms in total. The van der Waals surface area contributed by atoms with E-state index in [-0.39, 0.29) is 11.2 Å². The van der Waals surface area contributed by atoms with E-state index in [1.54, 1.807) is 12.1 Å². The Bertz CT molecular complexity index is 320. The van der Waals surface area contributed by atoms with Crippen LogP contribution in [0.2, 0.25) is 0 Å². The van der Waals surface area contributed by atoms with Crippen LogP contribution in [0.15, 0.2) is 24.3 Å². The standard InChI is InChI=1S/C14H19FO/c1-2-7-14(8-10-16-11-9-14)12-3-5-13(15)6-4-12/h3-6H,2,7-11H2,1H3. The first-order valence-corrected chi connectivity index (χ1v) is 6.11. The largest absolute Gasteiger partial charge is 0.381 e. The molecule has 0 amide bonds. The summed E-state index contributed by atoms with van der Waals surface area (Å²) in [6, 6.07) is 7.02. The summed E-state index contributed by atoms with van der Waals surface area (Å²) in [4.78, 5) is 0. The van der Waals surface area contributed by atoms with Gasteiger partial charge in [-0.15, -0.1) is 0 Å².